The molecule has 1 N–H and O–H groups in total. The maximum Gasteiger partial charge on any atom is 0.217 e. The molecule has 178 valence electrons. The molecule has 1 saturated carbocycles. The van der Waals surface area contributed by atoms with Crippen molar-refractivity contribution < 1.29 is 28.5 Å². The van der Waals surface area contributed by atoms with Gasteiger partial charge in [-0.3, -0.25) is 9.59 Å². The van der Waals surface area contributed by atoms with Crippen LogP contribution in [0, 0.1) is 5.92 Å². The van der Waals surface area contributed by atoms with Crippen LogP contribution in [0.1, 0.15) is 24.5 Å². The first-order chi connectivity index (χ1) is 16.5. The van der Waals surface area contributed by atoms with Crippen LogP contribution in [0.3, 0.4) is 0 Å². The number of ketones is 1. The predicted molar refractivity (Wildman–Crippen MR) is 123 cm³/mol. The van der Waals surface area contributed by atoms with Crippen LogP contribution in [0.4, 0.5) is 0 Å². The molecule has 0 aromatic heterocycles. The van der Waals surface area contributed by atoms with E-state index in [-0.39, 0.29) is 18.3 Å². The molecule has 0 unspecified atom stereocenters. The van der Waals surface area contributed by atoms with E-state index in [2.05, 4.69) is 11.9 Å². The number of nitrogens with one attached hydrogen (secondary N) is 1. The number of ether oxygens (including phenoxy) is 4. The molecule has 0 spiro atoms. The smallest absolute Gasteiger partial charge is 0.217 e. The maximum absolute atomic E-state index is 13.5. The molecule has 0 radical (unpaired) electrons. The van der Waals surface area contributed by atoms with Gasteiger partial charge in [0.25, 0.3) is 0 Å². The summed E-state index contributed by atoms with van der Waals surface area (Å²) < 4.78 is 25.1. The number of allylic oxidation sites excluding steroid dienone is 1. The SMILES string of the molecule is C=CC[C@@H]1C(=O)[C@@H]2O[C@@H]3O[C@H]2[C@@H](OCc2ccccc2)[C@@]1(NC(C)=O)[C@@H]3OCc1ccccc1. The Morgan fingerprint density at radius 2 is 1.59 bits per heavy atom. The number of amides is 1. The van der Waals surface area contributed by atoms with E-state index >= 15 is 0 Å². The van der Waals surface area contributed by atoms with Crippen LogP contribution in [-0.2, 0) is 41.8 Å². The minimum absolute atomic E-state index is 0.119. The number of Topliss-reactive ketones (excluding diaryl/α,β-unsaturated/α-hetero) is 1. The molecule has 2 heterocycles. The summed E-state index contributed by atoms with van der Waals surface area (Å²) in [6.07, 6.45) is -1.55. The van der Waals surface area contributed by atoms with Gasteiger partial charge < -0.3 is 24.3 Å². The first-order valence-electron chi connectivity index (χ1n) is 11.6. The fourth-order valence-corrected chi connectivity index (χ4v) is 5.55. The average molecular weight is 464 g/mol. The summed E-state index contributed by atoms with van der Waals surface area (Å²) in [6.45, 7) is 5.87. The Morgan fingerprint density at radius 3 is 2.15 bits per heavy atom. The third kappa shape index (κ3) is 3.88. The molecule has 2 aliphatic heterocycles. The predicted octanol–water partition coefficient (Wildman–Crippen LogP) is 2.93. The summed E-state index contributed by atoms with van der Waals surface area (Å²) in [6, 6.07) is 19.5. The van der Waals surface area contributed by atoms with Crippen LogP contribution in [0.5, 0.6) is 0 Å². The van der Waals surface area contributed by atoms with Crippen molar-refractivity contribution in [3.05, 3.63) is 84.4 Å². The molecule has 7 nitrogen and oxygen atoms in total. The highest BCUT2D eigenvalue weighted by Gasteiger charge is 2.73. The Kier molecular flexibility index (Phi) is 6.36. The van der Waals surface area contributed by atoms with E-state index in [1.165, 1.54) is 6.92 Å². The van der Waals surface area contributed by atoms with Gasteiger partial charge in [-0.05, 0) is 17.5 Å². The fraction of sp³-hybridized carbons (Fsp3) is 0.407. The van der Waals surface area contributed by atoms with E-state index in [9.17, 15) is 9.59 Å². The Hall–Kier alpha value is -2.84. The lowest BCUT2D eigenvalue weighted by molar-refractivity contribution is -0.261. The van der Waals surface area contributed by atoms with Crippen molar-refractivity contribution in [3.8, 4) is 0 Å². The topological polar surface area (TPSA) is 83.1 Å². The second kappa shape index (κ2) is 9.43. The number of fused-ring (bicyclic) bond motifs is 2. The van der Waals surface area contributed by atoms with Gasteiger partial charge in [0.05, 0.1) is 19.1 Å². The molecule has 2 saturated heterocycles. The van der Waals surface area contributed by atoms with Crippen molar-refractivity contribution in [2.24, 2.45) is 5.92 Å². The van der Waals surface area contributed by atoms with E-state index in [0.717, 1.165) is 11.1 Å². The standard InChI is InChI=1S/C27H29NO6/c1-3-10-20-21(30)22-23-24(31-15-18-11-6-4-7-12-18)27(20,28-17(2)29)25(26(33-22)34-23)32-16-19-13-8-5-9-14-19/h3-9,11-14,20,22-26H,1,10,15-16H2,2H3,(H,28,29)/t20-,22+,23-,24-,25-,26-,27-/m1/s1. The van der Waals surface area contributed by atoms with Crippen LogP contribution in [0.25, 0.3) is 0 Å². The van der Waals surface area contributed by atoms with E-state index < -0.39 is 42.2 Å². The monoisotopic (exact) mass is 463 g/mol. The van der Waals surface area contributed by atoms with Gasteiger partial charge in [-0.15, -0.1) is 6.58 Å². The van der Waals surface area contributed by atoms with Gasteiger partial charge in [-0.25, -0.2) is 0 Å². The van der Waals surface area contributed by atoms with Gasteiger partial charge in [0.2, 0.25) is 5.91 Å². The fourth-order valence-electron chi connectivity index (χ4n) is 5.55. The number of hydrogen-bond acceptors (Lipinski definition) is 6. The quantitative estimate of drug-likeness (QED) is 0.576. The molecule has 1 amide bonds. The summed E-state index contributed by atoms with van der Waals surface area (Å²) in [7, 11) is 0. The minimum Gasteiger partial charge on any atom is -0.368 e. The highest BCUT2D eigenvalue weighted by molar-refractivity contribution is 5.91. The van der Waals surface area contributed by atoms with Crippen LogP contribution in [0.2, 0.25) is 0 Å². The molecular weight excluding hydrogens is 434 g/mol. The number of carbonyl (C=O) groups excluding carboxylic acids is 2. The van der Waals surface area contributed by atoms with Crippen molar-refractivity contribution in [3.63, 3.8) is 0 Å². The summed E-state index contributed by atoms with van der Waals surface area (Å²) >= 11 is 0. The average Bonchev–Trinajstić information content (AvgIpc) is 3.20. The van der Waals surface area contributed by atoms with Gasteiger partial charge in [-0.2, -0.15) is 0 Å². The third-order valence-corrected chi connectivity index (χ3v) is 6.90. The molecule has 2 aromatic carbocycles. The van der Waals surface area contributed by atoms with Gasteiger partial charge in [0.15, 0.2) is 12.1 Å². The van der Waals surface area contributed by atoms with Crippen molar-refractivity contribution in [1.82, 2.24) is 5.32 Å². The lowest BCUT2D eigenvalue weighted by Crippen LogP contribution is -2.79. The van der Waals surface area contributed by atoms with Crippen molar-refractivity contribution >= 4 is 11.7 Å². The van der Waals surface area contributed by atoms with Crippen LogP contribution < -0.4 is 5.32 Å². The van der Waals surface area contributed by atoms with E-state index in [4.69, 9.17) is 18.9 Å². The van der Waals surface area contributed by atoms with Gasteiger partial charge >= 0.3 is 0 Å². The highest BCUT2D eigenvalue weighted by Crippen LogP contribution is 2.52. The summed E-state index contributed by atoms with van der Waals surface area (Å²) in [4.78, 5) is 26.1. The lowest BCUT2D eigenvalue weighted by atomic mass is 9.63. The van der Waals surface area contributed by atoms with Crippen molar-refractivity contribution in [2.75, 3.05) is 0 Å². The van der Waals surface area contributed by atoms with Crippen molar-refractivity contribution in [2.45, 2.75) is 62.8 Å². The molecule has 3 bridgehead atoms. The normalized spacial score (nSPS) is 33.6. The summed E-state index contributed by atoms with van der Waals surface area (Å²) in [5, 5.41) is 3.10. The van der Waals surface area contributed by atoms with Crippen LogP contribution in [-0.4, -0.2) is 47.9 Å². The molecule has 34 heavy (non-hydrogen) atoms. The Labute approximate surface area is 199 Å². The molecule has 7 atom stereocenters. The number of carbonyl (C=O) groups is 2. The number of benzene rings is 2. The molecular formula is C27H29NO6. The second-order valence-electron chi connectivity index (χ2n) is 9.05. The molecule has 2 aromatic rings. The Balaban J connectivity index is 1.54. The first kappa shape index (κ1) is 22.9. The highest BCUT2D eigenvalue weighted by atomic mass is 16.8. The first-order valence-corrected chi connectivity index (χ1v) is 11.6. The van der Waals surface area contributed by atoms with Gasteiger partial charge in [-0.1, -0.05) is 66.7 Å². The number of hydrogen-bond donors (Lipinski definition) is 1. The zero-order valence-corrected chi connectivity index (χ0v) is 19.1. The van der Waals surface area contributed by atoms with Crippen LogP contribution in [0.15, 0.2) is 73.3 Å². The van der Waals surface area contributed by atoms with E-state index in [0.29, 0.717) is 13.0 Å². The Morgan fingerprint density at radius 1 is 1.00 bits per heavy atom. The minimum atomic E-state index is -1.17. The third-order valence-electron chi connectivity index (χ3n) is 6.90. The molecule has 1 aliphatic carbocycles. The largest absolute Gasteiger partial charge is 0.368 e. The molecule has 3 fully saturated rings. The maximum atomic E-state index is 13.5. The van der Waals surface area contributed by atoms with E-state index in [1.54, 1.807) is 6.08 Å². The van der Waals surface area contributed by atoms with Crippen LogP contribution >= 0.6 is 0 Å². The van der Waals surface area contributed by atoms with Gasteiger partial charge in [0, 0.05) is 6.92 Å². The summed E-state index contributed by atoms with van der Waals surface area (Å²) in [5.74, 6) is -1.01. The van der Waals surface area contributed by atoms with Gasteiger partial charge in [0.1, 0.15) is 30.0 Å². The summed E-state index contributed by atoms with van der Waals surface area (Å²) in [5.41, 5.74) is 0.774. The lowest BCUT2D eigenvalue weighted by Gasteiger charge is -2.55. The molecule has 5 rings (SSSR count). The van der Waals surface area contributed by atoms with E-state index in [1.807, 2.05) is 60.7 Å². The molecule has 3 aliphatic rings. The zero-order valence-electron chi connectivity index (χ0n) is 19.1. The second-order valence-corrected chi connectivity index (χ2v) is 9.05. The Bertz CT molecular complexity index is 996. The van der Waals surface area contributed by atoms with Crippen molar-refractivity contribution in [1.29, 1.82) is 0 Å². The zero-order chi connectivity index (χ0) is 23.7. The number of rotatable bonds is 9. The molecule has 7 heteroatoms.